The third kappa shape index (κ3) is 4.65. The number of aromatic nitrogens is 2. The van der Waals surface area contributed by atoms with E-state index in [4.69, 9.17) is 11.6 Å². The van der Waals surface area contributed by atoms with Crippen molar-refractivity contribution in [1.82, 2.24) is 14.9 Å². The summed E-state index contributed by atoms with van der Waals surface area (Å²) in [4.78, 5) is 28.8. The molecule has 2 aromatic carbocycles. The highest BCUT2D eigenvalue weighted by Gasteiger charge is 2.13. The van der Waals surface area contributed by atoms with Gasteiger partial charge in [0.1, 0.15) is 0 Å². The molecule has 3 aromatic rings. The van der Waals surface area contributed by atoms with Crippen LogP contribution in [-0.4, -0.2) is 27.9 Å². The van der Waals surface area contributed by atoms with Crippen LogP contribution in [-0.2, 0) is 11.3 Å². The van der Waals surface area contributed by atoms with Crippen molar-refractivity contribution < 1.29 is 9.59 Å². The number of amides is 2. The maximum absolute atomic E-state index is 12.3. The summed E-state index contributed by atoms with van der Waals surface area (Å²) in [6, 6.07) is 14.4. The maximum Gasteiger partial charge on any atom is 0.251 e. The van der Waals surface area contributed by atoms with Gasteiger partial charge < -0.3 is 9.88 Å². The number of hydrogen-bond acceptors (Lipinski definition) is 3. The monoisotopic (exact) mass is 384 g/mol. The van der Waals surface area contributed by atoms with Crippen molar-refractivity contribution in [1.29, 1.82) is 0 Å². The van der Waals surface area contributed by atoms with Gasteiger partial charge in [0.15, 0.2) is 0 Å². The number of rotatable bonds is 7. The fourth-order valence-electron chi connectivity index (χ4n) is 2.80. The van der Waals surface area contributed by atoms with Crippen LogP contribution in [0.15, 0.2) is 48.5 Å². The van der Waals surface area contributed by atoms with Crippen molar-refractivity contribution in [3.63, 3.8) is 0 Å². The van der Waals surface area contributed by atoms with Gasteiger partial charge >= 0.3 is 0 Å². The average Bonchev–Trinajstić information content (AvgIpc) is 3.00. The Morgan fingerprint density at radius 2 is 1.85 bits per heavy atom. The van der Waals surface area contributed by atoms with Gasteiger partial charge in [0.25, 0.3) is 5.91 Å². The molecule has 0 spiro atoms. The molecule has 1 aromatic heterocycles. The lowest BCUT2D eigenvalue weighted by atomic mass is 10.2. The van der Waals surface area contributed by atoms with Gasteiger partial charge in [-0.3, -0.25) is 14.9 Å². The van der Waals surface area contributed by atoms with Crippen molar-refractivity contribution in [2.45, 2.75) is 26.3 Å². The Labute approximate surface area is 162 Å². The second-order valence-electron chi connectivity index (χ2n) is 6.14. The van der Waals surface area contributed by atoms with Gasteiger partial charge in [-0.05, 0) is 42.8 Å². The Hall–Kier alpha value is -2.86. The van der Waals surface area contributed by atoms with Gasteiger partial charge in [-0.2, -0.15) is 0 Å². The van der Waals surface area contributed by atoms with Crippen LogP contribution >= 0.6 is 11.6 Å². The first-order chi connectivity index (χ1) is 13.1. The molecule has 1 heterocycles. The average molecular weight is 385 g/mol. The summed E-state index contributed by atoms with van der Waals surface area (Å²) in [6.45, 7) is 3.08. The Morgan fingerprint density at radius 1 is 1.11 bits per heavy atom. The first kappa shape index (κ1) is 18.9. The topological polar surface area (TPSA) is 76.0 Å². The summed E-state index contributed by atoms with van der Waals surface area (Å²) in [5, 5.41) is 6.15. The molecule has 0 atom stereocenters. The molecule has 2 N–H and O–H groups in total. The van der Waals surface area contributed by atoms with Crippen molar-refractivity contribution in [3.8, 4) is 0 Å². The van der Waals surface area contributed by atoms with Crippen LogP contribution in [0.1, 0.15) is 30.1 Å². The molecule has 0 saturated heterocycles. The quantitative estimate of drug-likeness (QED) is 0.649. The smallest absolute Gasteiger partial charge is 0.251 e. The molecule has 0 aliphatic heterocycles. The summed E-state index contributed by atoms with van der Waals surface area (Å²) in [7, 11) is 0. The predicted molar refractivity (Wildman–Crippen MR) is 107 cm³/mol. The normalized spacial score (nSPS) is 10.7. The molecular weight excluding hydrogens is 364 g/mol. The van der Waals surface area contributed by atoms with E-state index in [1.165, 1.54) is 0 Å². The number of imidazole rings is 1. The number of halogens is 1. The van der Waals surface area contributed by atoms with Crippen molar-refractivity contribution in [3.05, 3.63) is 59.1 Å². The third-order valence-corrected chi connectivity index (χ3v) is 4.35. The number of anilines is 1. The van der Waals surface area contributed by atoms with Gasteiger partial charge in [0, 0.05) is 30.1 Å². The second-order valence-corrected chi connectivity index (χ2v) is 6.57. The summed E-state index contributed by atoms with van der Waals surface area (Å²) in [5.41, 5.74) is 2.34. The molecule has 140 valence electrons. The first-order valence-corrected chi connectivity index (χ1v) is 9.25. The van der Waals surface area contributed by atoms with Crippen molar-refractivity contribution in [2.75, 3.05) is 11.9 Å². The number of carbonyl (C=O) groups is 2. The molecule has 6 nitrogen and oxygen atoms in total. The molecule has 2 amide bonds. The summed E-state index contributed by atoms with van der Waals surface area (Å²) >= 11 is 5.81. The zero-order valence-electron chi connectivity index (χ0n) is 15.0. The van der Waals surface area contributed by atoms with Gasteiger partial charge in [-0.1, -0.05) is 30.7 Å². The minimum atomic E-state index is -0.238. The molecule has 0 saturated carbocycles. The third-order valence-electron chi connectivity index (χ3n) is 4.10. The zero-order chi connectivity index (χ0) is 19.2. The van der Waals surface area contributed by atoms with Crippen LogP contribution < -0.4 is 10.6 Å². The molecule has 0 fully saturated rings. The maximum atomic E-state index is 12.3. The largest absolute Gasteiger partial charge is 0.352 e. The van der Waals surface area contributed by atoms with Crippen molar-refractivity contribution >= 4 is 40.4 Å². The van der Waals surface area contributed by atoms with E-state index in [2.05, 4.69) is 22.5 Å². The lowest BCUT2D eigenvalue weighted by Gasteiger charge is -2.09. The Bertz CT molecular complexity index is 950. The van der Waals surface area contributed by atoms with E-state index in [0.29, 0.717) is 16.5 Å². The number of fused-ring (bicyclic) bond motifs is 1. The van der Waals surface area contributed by atoms with Crippen LogP contribution in [0.4, 0.5) is 5.95 Å². The number of aryl methyl sites for hydroxylation is 1. The molecule has 0 aliphatic rings. The van der Waals surface area contributed by atoms with E-state index in [9.17, 15) is 9.59 Å². The summed E-state index contributed by atoms with van der Waals surface area (Å²) < 4.78 is 2.00. The summed E-state index contributed by atoms with van der Waals surface area (Å²) in [6.07, 6.45) is 1.09. The molecule has 0 radical (unpaired) electrons. The molecule has 3 rings (SSSR count). The van der Waals surface area contributed by atoms with E-state index < -0.39 is 0 Å². The number of benzene rings is 2. The summed E-state index contributed by atoms with van der Waals surface area (Å²) in [5.74, 6) is 0.101. The van der Waals surface area contributed by atoms with Crippen LogP contribution in [0, 0.1) is 0 Å². The van der Waals surface area contributed by atoms with Crippen molar-refractivity contribution in [2.24, 2.45) is 0 Å². The van der Waals surface area contributed by atoms with E-state index in [1.807, 2.05) is 28.8 Å². The highest BCUT2D eigenvalue weighted by molar-refractivity contribution is 6.30. The van der Waals surface area contributed by atoms with Crippen LogP contribution in [0.3, 0.4) is 0 Å². The fraction of sp³-hybridized carbons (Fsp3) is 0.250. The number of hydrogen-bond donors (Lipinski definition) is 2. The fourth-order valence-corrected chi connectivity index (χ4v) is 2.93. The van der Waals surface area contributed by atoms with E-state index >= 15 is 0 Å². The minimum absolute atomic E-state index is 0.161. The standard InChI is InChI=1S/C20H21ClN4O2/c1-2-13-25-17-6-4-3-5-16(17)23-20(25)24-18(26)11-12-22-19(27)14-7-9-15(21)10-8-14/h3-10H,2,11-13H2,1H3,(H,22,27)(H,23,24,26). The Balaban J connectivity index is 1.58. The van der Waals surface area contributed by atoms with Crippen LogP contribution in [0.2, 0.25) is 5.02 Å². The molecule has 0 aliphatic carbocycles. The van der Waals surface area contributed by atoms with E-state index in [1.54, 1.807) is 24.3 Å². The molecular formula is C20H21ClN4O2. The molecule has 7 heteroatoms. The van der Waals surface area contributed by atoms with Gasteiger partial charge in [0.05, 0.1) is 11.0 Å². The van der Waals surface area contributed by atoms with Crippen LogP contribution in [0.5, 0.6) is 0 Å². The lowest BCUT2D eigenvalue weighted by Crippen LogP contribution is -2.28. The Morgan fingerprint density at radius 3 is 2.59 bits per heavy atom. The number of carbonyl (C=O) groups excluding carboxylic acids is 2. The van der Waals surface area contributed by atoms with E-state index in [0.717, 1.165) is 24.0 Å². The Kier molecular flexibility index (Phi) is 6.08. The molecule has 0 unspecified atom stereocenters. The van der Waals surface area contributed by atoms with E-state index in [-0.39, 0.29) is 24.8 Å². The van der Waals surface area contributed by atoms with Gasteiger partial charge in [-0.25, -0.2) is 4.98 Å². The molecule has 27 heavy (non-hydrogen) atoms. The second kappa shape index (κ2) is 8.68. The highest BCUT2D eigenvalue weighted by Crippen LogP contribution is 2.20. The zero-order valence-corrected chi connectivity index (χ0v) is 15.8. The van der Waals surface area contributed by atoms with Gasteiger partial charge in [-0.15, -0.1) is 0 Å². The first-order valence-electron chi connectivity index (χ1n) is 8.87. The van der Waals surface area contributed by atoms with Gasteiger partial charge in [0.2, 0.25) is 11.9 Å². The predicted octanol–water partition coefficient (Wildman–Crippen LogP) is 3.86. The minimum Gasteiger partial charge on any atom is -0.352 e. The SMILES string of the molecule is CCCn1c(NC(=O)CCNC(=O)c2ccc(Cl)cc2)nc2ccccc21. The number of para-hydroxylation sites is 2. The van der Waals surface area contributed by atoms with Crippen LogP contribution in [0.25, 0.3) is 11.0 Å². The number of nitrogens with one attached hydrogen (secondary N) is 2. The lowest BCUT2D eigenvalue weighted by molar-refractivity contribution is -0.116. The number of nitrogens with zero attached hydrogens (tertiary/aromatic N) is 2. The molecule has 0 bridgehead atoms. The highest BCUT2D eigenvalue weighted by atomic mass is 35.5.